The zero-order valence-electron chi connectivity index (χ0n) is 11.1. The quantitative estimate of drug-likeness (QED) is 0.772. The summed E-state index contributed by atoms with van der Waals surface area (Å²) in [5, 5.41) is 17.8. The van der Waals surface area contributed by atoms with Gasteiger partial charge in [0.2, 0.25) is 0 Å². The van der Waals surface area contributed by atoms with Crippen LogP contribution in [0.4, 0.5) is 4.79 Å². The molecule has 0 aromatic rings. The fraction of sp³-hybridized carbons (Fsp3) is 0.846. The highest BCUT2D eigenvalue weighted by atomic mass is 16.4. The van der Waals surface area contributed by atoms with Crippen molar-refractivity contribution in [1.82, 2.24) is 9.80 Å². The van der Waals surface area contributed by atoms with Crippen LogP contribution < -0.4 is 0 Å². The number of likely N-dealkylation sites (tertiary alicyclic amines) is 1. The number of hydrogen-bond acceptors (Lipinski definition) is 3. The molecule has 2 N–H and O–H groups in total. The first kappa shape index (κ1) is 14.1. The SMILES string of the molecule is O=C(O)CC1CCN(C(=O)N(CCO)C2CC2)CC1. The fourth-order valence-corrected chi connectivity index (χ4v) is 2.69. The van der Waals surface area contributed by atoms with E-state index >= 15 is 0 Å². The normalized spacial score (nSPS) is 20.4. The van der Waals surface area contributed by atoms with Crippen molar-refractivity contribution >= 4 is 12.0 Å². The van der Waals surface area contributed by atoms with E-state index in [1.165, 1.54) is 0 Å². The molecule has 1 heterocycles. The van der Waals surface area contributed by atoms with Crippen molar-refractivity contribution in [1.29, 1.82) is 0 Å². The third-order valence-corrected chi connectivity index (χ3v) is 3.92. The summed E-state index contributed by atoms with van der Waals surface area (Å²) in [5.41, 5.74) is 0. The van der Waals surface area contributed by atoms with Crippen LogP contribution in [0.1, 0.15) is 32.1 Å². The summed E-state index contributed by atoms with van der Waals surface area (Å²) in [4.78, 5) is 26.5. The molecule has 1 saturated heterocycles. The Morgan fingerprint density at radius 2 is 1.79 bits per heavy atom. The second-order valence-corrected chi connectivity index (χ2v) is 5.46. The Kier molecular flexibility index (Phi) is 4.63. The van der Waals surface area contributed by atoms with Gasteiger partial charge in [0.25, 0.3) is 0 Å². The van der Waals surface area contributed by atoms with Gasteiger partial charge >= 0.3 is 12.0 Å². The number of piperidine rings is 1. The van der Waals surface area contributed by atoms with Gasteiger partial charge in [0.1, 0.15) is 0 Å². The molecule has 2 amide bonds. The summed E-state index contributed by atoms with van der Waals surface area (Å²) >= 11 is 0. The van der Waals surface area contributed by atoms with E-state index in [9.17, 15) is 9.59 Å². The average molecular weight is 270 g/mol. The molecule has 6 nitrogen and oxygen atoms in total. The van der Waals surface area contributed by atoms with Gasteiger partial charge in [0, 0.05) is 32.1 Å². The maximum atomic E-state index is 12.3. The van der Waals surface area contributed by atoms with E-state index in [1.807, 2.05) is 0 Å². The van der Waals surface area contributed by atoms with Gasteiger partial charge in [-0.05, 0) is 31.6 Å². The lowest BCUT2D eigenvalue weighted by Gasteiger charge is -2.35. The zero-order chi connectivity index (χ0) is 13.8. The van der Waals surface area contributed by atoms with Crippen LogP contribution in [0.25, 0.3) is 0 Å². The van der Waals surface area contributed by atoms with Crippen LogP contribution in [0.2, 0.25) is 0 Å². The molecule has 19 heavy (non-hydrogen) atoms. The summed E-state index contributed by atoms with van der Waals surface area (Å²) in [6.45, 7) is 1.66. The zero-order valence-corrected chi connectivity index (χ0v) is 11.1. The highest BCUT2D eigenvalue weighted by molar-refractivity contribution is 5.75. The van der Waals surface area contributed by atoms with Crippen LogP contribution in [-0.4, -0.2) is 64.3 Å². The highest BCUT2D eigenvalue weighted by Gasteiger charge is 2.35. The minimum atomic E-state index is -0.760. The number of amides is 2. The molecule has 2 fully saturated rings. The molecule has 0 bridgehead atoms. The number of nitrogens with zero attached hydrogens (tertiary/aromatic N) is 2. The predicted octanol–water partition coefficient (Wildman–Crippen LogP) is 0.750. The largest absolute Gasteiger partial charge is 0.481 e. The van der Waals surface area contributed by atoms with Crippen LogP contribution in [-0.2, 0) is 4.79 Å². The molecule has 6 heteroatoms. The first-order chi connectivity index (χ1) is 9.11. The molecular formula is C13H22N2O4. The second-order valence-electron chi connectivity index (χ2n) is 5.46. The van der Waals surface area contributed by atoms with Gasteiger partial charge in [-0.1, -0.05) is 0 Å². The van der Waals surface area contributed by atoms with E-state index in [0.29, 0.717) is 25.7 Å². The van der Waals surface area contributed by atoms with Crippen molar-refractivity contribution in [3.63, 3.8) is 0 Å². The molecule has 0 spiro atoms. The maximum absolute atomic E-state index is 12.3. The minimum absolute atomic E-state index is 0.00226. The lowest BCUT2D eigenvalue weighted by molar-refractivity contribution is -0.138. The average Bonchev–Trinajstić information content (AvgIpc) is 3.19. The molecule has 108 valence electrons. The Balaban J connectivity index is 1.82. The Hall–Kier alpha value is -1.30. The number of aliphatic hydroxyl groups is 1. The predicted molar refractivity (Wildman–Crippen MR) is 68.8 cm³/mol. The second kappa shape index (κ2) is 6.23. The Morgan fingerprint density at radius 1 is 1.16 bits per heavy atom. The van der Waals surface area contributed by atoms with Gasteiger partial charge in [-0.15, -0.1) is 0 Å². The Bertz CT molecular complexity index is 336. The van der Waals surface area contributed by atoms with Crippen molar-refractivity contribution in [2.24, 2.45) is 5.92 Å². The molecule has 0 radical (unpaired) electrons. The molecule has 2 aliphatic rings. The van der Waals surface area contributed by atoms with Gasteiger partial charge in [-0.25, -0.2) is 4.79 Å². The Morgan fingerprint density at radius 3 is 2.26 bits per heavy atom. The molecule has 0 aromatic carbocycles. The Labute approximate surface area is 113 Å². The number of carbonyl (C=O) groups is 2. The molecule has 0 unspecified atom stereocenters. The third-order valence-electron chi connectivity index (χ3n) is 3.92. The number of carboxylic acid groups (broad SMARTS) is 1. The lowest BCUT2D eigenvalue weighted by Crippen LogP contribution is -2.48. The number of carboxylic acids is 1. The summed E-state index contributed by atoms with van der Waals surface area (Å²) < 4.78 is 0. The van der Waals surface area contributed by atoms with E-state index in [2.05, 4.69) is 0 Å². The number of hydrogen-bond donors (Lipinski definition) is 2. The van der Waals surface area contributed by atoms with Crippen LogP contribution in [0.5, 0.6) is 0 Å². The molecule has 1 saturated carbocycles. The summed E-state index contributed by atoms with van der Waals surface area (Å²) in [7, 11) is 0. The van der Waals surface area contributed by atoms with Gasteiger partial charge in [0.05, 0.1) is 6.61 Å². The summed E-state index contributed by atoms with van der Waals surface area (Å²) in [6.07, 6.45) is 3.78. The smallest absolute Gasteiger partial charge is 0.320 e. The van der Waals surface area contributed by atoms with Crippen molar-refractivity contribution in [3.8, 4) is 0 Å². The maximum Gasteiger partial charge on any atom is 0.320 e. The molecular weight excluding hydrogens is 248 g/mol. The van der Waals surface area contributed by atoms with E-state index in [4.69, 9.17) is 10.2 Å². The van der Waals surface area contributed by atoms with Crippen LogP contribution in [0, 0.1) is 5.92 Å². The van der Waals surface area contributed by atoms with E-state index in [0.717, 1.165) is 25.7 Å². The van der Waals surface area contributed by atoms with Gasteiger partial charge in [-0.2, -0.15) is 0 Å². The number of aliphatic hydroxyl groups excluding tert-OH is 1. The molecule has 1 aliphatic heterocycles. The topological polar surface area (TPSA) is 81.1 Å². The number of rotatable bonds is 5. The van der Waals surface area contributed by atoms with Crippen molar-refractivity contribution in [3.05, 3.63) is 0 Å². The highest BCUT2D eigenvalue weighted by Crippen LogP contribution is 2.29. The van der Waals surface area contributed by atoms with Crippen LogP contribution in [0.15, 0.2) is 0 Å². The van der Waals surface area contributed by atoms with Crippen LogP contribution >= 0.6 is 0 Å². The fourth-order valence-electron chi connectivity index (χ4n) is 2.69. The summed E-state index contributed by atoms with van der Waals surface area (Å²) in [5.74, 6) is -0.571. The first-order valence-electron chi connectivity index (χ1n) is 7.00. The van der Waals surface area contributed by atoms with Crippen molar-refractivity contribution < 1.29 is 19.8 Å². The van der Waals surface area contributed by atoms with Gasteiger partial charge in [-0.3, -0.25) is 4.79 Å². The van der Waals surface area contributed by atoms with Crippen molar-refractivity contribution in [2.45, 2.75) is 38.1 Å². The number of urea groups is 1. The van der Waals surface area contributed by atoms with E-state index in [-0.39, 0.29) is 25.0 Å². The van der Waals surface area contributed by atoms with E-state index in [1.54, 1.807) is 9.80 Å². The third kappa shape index (κ3) is 3.83. The molecule has 0 aromatic heterocycles. The van der Waals surface area contributed by atoms with Crippen molar-refractivity contribution in [2.75, 3.05) is 26.2 Å². The molecule has 0 atom stereocenters. The lowest BCUT2D eigenvalue weighted by atomic mass is 9.94. The molecule has 2 rings (SSSR count). The number of carbonyl (C=O) groups excluding carboxylic acids is 1. The van der Waals surface area contributed by atoms with E-state index < -0.39 is 5.97 Å². The summed E-state index contributed by atoms with van der Waals surface area (Å²) in [6, 6.07) is 0.307. The monoisotopic (exact) mass is 270 g/mol. The molecule has 1 aliphatic carbocycles. The van der Waals surface area contributed by atoms with Gasteiger partial charge in [0.15, 0.2) is 0 Å². The minimum Gasteiger partial charge on any atom is -0.481 e. The van der Waals surface area contributed by atoms with Gasteiger partial charge < -0.3 is 20.0 Å². The van der Waals surface area contributed by atoms with Crippen LogP contribution in [0.3, 0.4) is 0 Å². The standard InChI is InChI=1S/C13H22N2O4/c16-8-7-15(11-1-2-11)13(19)14-5-3-10(4-6-14)9-12(17)18/h10-11,16H,1-9H2,(H,17,18). The first-order valence-corrected chi connectivity index (χ1v) is 7.00. The number of aliphatic carboxylic acids is 1.